The number of imidazole rings is 1. The SMILES string of the molecule is C[C@H](NC=O)c1nc2ccccc2n1CCCc1ccccc1. The van der Waals surface area contributed by atoms with Gasteiger partial charge in [0.25, 0.3) is 0 Å². The summed E-state index contributed by atoms with van der Waals surface area (Å²) in [6, 6.07) is 18.5. The zero-order valence-corrected chi connectivity index (χ0v) is 13.3. The smallest absolute Gasteiger partial charge is 0.207 e. The normalized spacial score (nSPS) is 12.2. The van der Waals surface area contributed by atoms with E-state index >= 15 is 0 Å². The summed E-state index contributed by atoms with van der Waals surface area (Å²) in [6.45, 7) is 2.85. The van der Waals surface area contributed by atoms with E-state index in [1.807, 2.05) is 31.2 Å². The van der Waals surface area contributed by atoms with Gasteiger partial charge in [-0.1, -0.05) is 42.5 Å². The van der Waals surface area contributed by atoms with E-state index in [2.05, 4.69) is 40.2 Å². The number of rotatable bonds is 7. The van der Waals surface area contributed by atoms with E-state index in [1.54, 1.807) is 0 Å². The second-order valence-electron chi connectivity index (χ2n) is 5.71. The van der Waals surface area contributed by atoms with Crippen molar-refractivity contribution in [3.63, 3.8) is 0 Å². The van der Waals surface area contributed by atoms with Crippen LogP contribution in [0.1, 0.15) is 30.8 Å². The highest BCUT2D eigenvalue weighted by Gasteiger charge is 2.15. The van der Waals surface area contributed by atoms with Crippen LogP contribution < -0.4 is 5.32 Å². The summed E-state index contributed by atoms with van der Waals surface area (Å²) in [7, 11) is 0. The molecule has 0 saturated heterocycles. The average molecular weight is 307 g/mol. The number of nitrogens with one attached hydrogen (secondary N) is 1. The van der Waals surface area contributed by atoms with Crippen LogP contribution in [0, 0.1) is 0 Å². The van der Waals surface area contributed by atoms with Gasteiger partial charge < -0.3 is 9.88 Å². The van der Waals surface area contributed by atoms with E-state index in [0.717, 1.165) is 42.7 Å². The minimum Gasteiger partial charge on any atom is -0.349 e. The second kappa shape index (κ2) is 7.09. The van der Waals surface area contributed by atoms with Gasteiger partial charge in [0.05, 0.1) is 17.1 Å². The van der Waals surface area contributed by atoms with Crippen molar-refractivity contribution in [3.8, 4) is 0 Å². The zero-order chi connectivity index (χ0) is 16.1. The Bertz CT molecular complexity index is 780. The first-order valence-electron chi connectivity index (χ1n) is 7.98. The fourth-order valence-electron chi connectivity index (χ4n) is 2.92. The molecule has 2 aromatic carbocycles. The van der Waals surface area contributed by atoms with Crippen LogP contribution in [0.4, 0.5) is 0 Å². The van der Waals surface area contributed by atoms with E-state index in [-0.39, 0.29) is 6.04 Å². The Morgan fingerprint density at radius 1 is 1.13 bits per heavy atom. The first-order valence-corrected chi connectivity index (χ1v) is 7.98. The van der Waals surface area contributed by atoms with Gasteiger partial charge in [-0.25, -0.2) is 4.98 Å². The Kier molecular flexibility index (Phi) is 4.71. The Hall–Kier alpha value is -2.62. The van der Waals surface area contributed by atoms with Crippen molar-refractivity contribution >= 4 is 17.4 Å². The summed E-state index contributed by atoms with van der Waals surface area (Å²) >= 11 is 0. The standard InChI is InChI=1S/C19H21N3O/c1-15(20-14-23)19-21-17-11-5-6-12-18(17)22(19)13-7-10-16-8-3-2-4-9-16/h2-6,8-9,11-12,14-15H,7,10,13H2,1H3,(H,20,23)/t15-/m0/s1. The van der Waals surface area contributed by atoms with Crippen LogP contribution in [0.2, 0.25) is 0 Å². The van der Waals surface area contributed by atoms with Crippen molar-refractivity contribution in [2.75, 3.05) is 0 Å². The molecule has 3 rings (SSSR count). The lowest BCUT2D eigenvalue weighted by Crippen LogP contribution is -2.20. The third kappa shape index (κ3) is 3.42. The molecule has 0 bridgehead atoms. The summed E-state index contributed by atoms with van der Waals surface area (Å²) in [6.07, 6.45) is 2.80. The van der Waals surface area contributed by atoms with E-state index in [1.165, 1.54) is 5.56 Å². The van der Waals surface area contributed by atoms with Gasteiger partial charge in [-0.2, -0.15) is 0 Å². The number of carbonyl (C=O) groups excluding carboxylic acids is 1. The molecule has 1 aromatic heterocycles. The van der Waals surface area contributed by atoms with Crippen molar-refractivity contribution in [2.24, 2.45) is 0 Å². The van der Waals surface area contributed by atoms with Crippen molar-refractivity contribution in [3.05, 3.63) is 66.0 Å². The molecule has 3 aromatic rings. The number of para-hydroxylation sites is 2. The molecular weight excluding hydrogens is 286 g/mol. The summed E-state index contributed by atoms with van der Waals surface area (Å²) in [5.41, 5.74) is 3.44. The van der Waals surface area contributed by atoms with Gasteiger partial charge in [0, 0.05) is 6.54 Å². The van der Waals surface area contributed by atoms with E-state index in [9.17, 15) is 4.79 Å². The first-order chi connectivity index (χ1) is 11.3. The zero-order valence-electron chi connectivity index (χ0n) is 13.3. The average Bonchev–Trinajstić information content (AvgIpc) is 2.95. The largest absolute Gasteiger partial charge is 0.349 e. The van der Waals surface area contributed by atoms with Gasteiger partial charge in [-0.3, -0.25) is 4.79 Å². The monoisotopic (exact) mass is 307 g/mol. The van der Waals surface area contributed by atoms with Crippen molar-refractivity contribution in [1.29, 1.82) is 0 Å². The number of amides is 1. The molecule has 0 aliphatic heterocycles. The lowest BCUT2D eigenvalue weighted by atomic mass is 10.1. The Morgan fingerprint density at radius 2 is 1.87 bits per heavy atom. The maximum Gasteiger partial charge on any atom is 0.207 e. The summed E-state index contributed by atoms with van der Waals surface area (Å²) in [4.78, 5) is 15.5. The number of hydrogen-bond donors (Lipinski definition) is 1. The van der Waals surface area contributed by atoms with Crippen molar-refractivity contribution in [2.45, 2.75) is 32.4 Å². The van der Waals surface area contributed by atoms with Crippen LogP contribution in [-0.4, -0.2) is 16.0 Å². The lowest BCUT2D eigenvalue weighted by molar-refractivity contribution is -0.110. The quantitative estimate of drug-likeness (QED) is 0.679. The van der Waals surface area contributed by atoms with E-state index in [0.29, 0.717) is 0 Å². The molecule has 1 heterocycles. The maximum atomic E-state index is 10.8. The van der Waals surface area contributed by atoms with Gasteiger partial charge in [-0.05, 0) is 37.5 Å². The highest BCUT2D eigenvalue weighted by Crippen LogP contribution is 2.21. The molecule has 0 saturated carbocycles. The molecule has 0 aliphatic rings. The van der Waals surface area contributed by atoms with Crippen molar-refractivity contribution in [1.82, 2.24) is 14.9 Å². The molecular formula is C19H21N3O. The predicted molar refractivity (Wildman–Crippen MR) is 92.1 cm³/mol. The molecule has 23 heavy (non-hydrogen) atoms. The van der Waals surface area contributed by atoms with E-state index < -0.39 is 0 Å². The molecule has 1 N–H and O–H groups in total. The topological polar surface area (TPSA) is 46.9 Å². The van der Waals surface area contributed by atoms with Crippen LogP contribution >= 0.6 is 0 Å². The maximum absolute atomic E-state index is 10.8. The molecule has 4 heteroatoms. The molecule has 1 atom stereocenters. The fraction of sp³-hybridized carbons (Fsp3) is 0.263. The molecule has 0 unspecified atom stereocenters. The number of benzene rings is 2. The third-order valence-electron chi connectivity index (χ3n) is 4.08. The van der Waals surface area contributed by atoms with Crippen molar-refractivity contribution < 1.29 is 4.79 Å². The van der Waals surface area contributed by atoms with Crippen LogP contribution in [-0.2, 0) is 17.8 Å². The number of nitrogens with zero attached hydrogens (tertiary/aromatic N) is 2. The van der Waals surface area contributed by atoms with Gasteiger partial charge in [-0.15, -0.1) is 0 Å². The van der Waals surface area contributed by atoms with Crippen LogP contribution in [0.5, 0.6) is 0 Å². The molecule has 0 radical (unpaired) electrons. The predicted octanol–water partition coefficient (Wildman–Crippen LogP) is 3.48. The molecule has 0 fully saturated rings. The lowest BCUT2D eigenvalue weighted by Gasteiger charge is -2.14. The highest BCUT2D eigenvalue weighted by atomic mass is 16.1. The molecule has 0 spiro atoms. The number of hydrogen-bond acceptors (Lipinski definition) is 2. The number of fused-ring (bicyclic) bond motifs is 1. The van der Waals surface area contributed by atoms with Gasteiger partial charge in [0.2, 0.25) is 6.41 Å². The molecule has 0 aliphatic carbocycles. The number of aryl methyl sites for hydroxylation is 2. The molecule has 4 nitrogen and oxygen atoms in total. The number of aromatic nitrogens is 2. The van der Waals surface area contributed by atoms with Crippen LogP contribution in [0.3, 0.4) is 0 Å². The third-order valence-corrected chi connectivity index (χ3v) is 4.08. The highest BCUT2D eigenvalue weighted by molar-refractivity contribution is 5.76. The van der Waals surface area contributed by atoms with Gasteiger partial charge in [0.15, 0.2) is 0 Å². The minimum absolute atomic E-state index is 0.100. The molecule has 1 amide bonds. The van der Waals surface area contributed by atoms with Gasteiger partial charge in [0.1, 0.15) is 5.82 Å². The van der Waals surface area contributed by atoms with Crippen LogP contribution in [0.25, 0.3) is 11.0 Å². The Morgan fingerprint density at radius 3 is 2.65 bits per heavy atom. The fourth-order valence-corrected chi connectivity index (χ4v) is 2.92. The van der Waals surface area contributed by atoms with Crippen LogP contribution in [0.15, 0.2) is 54.6 Å². The minimum atomic E-state index is -0.100. The Labute approximate surface area is 136 Å². The van der Waals surface area contributed by atoms with E-state index in [4.69, 9.17) is 4.98 Å². The first kappa shape index (κ1) is 15.3. The number of carbonyl (C=O) groups is 1. The summed E-state index contributed by atoms with van der Waals surface area (Å²) in [5.74, 6) is 0.909. The van der Waals surface area contributed by atoms with Gasteiger partial charge >= 0.3 is 0 Å². The summed E-state index contributed by atoms with van der Waals surface area (Å²) < 4.78 is 2.22. The second-order valence-corrected chi connectivity index (χ2v) is 5.71. The summed E-state index contributed by atoms with van der Waals surface area (Å²) in [5, 5.41) is 2.81. The Balaban J connectivity index is 1.82. The molecule has 118 valence electrons.